The molecule has 4 heteroatoms. The van der Waals surface area contributed by atoms with Crippen LogP contribution in [0.5, 0.6) is 0 Å². The standard InChI is InChI=1S/C13H22O3S/c1-7-12(10(2)3)9-13(17(6,14)15)8-11(4)16-5/h7-10,12H,1H2,2-6H3/b11-8+,13-9?. The van der Waals surface area contributed by atoms with Gasteiger partial charge >= 0.3 is 0 Å². The van der Waals surface area contributed by atoms with Crippen LogP contribution in [0.2, 0.25) is 0 Å². The van der Waals surface area contributed by atoms with Crippen molar-refractivity contribution in [2.75, 3.05) is 13.4 Å². The summed E-state index contributed by atoms with van der Waals surface area (Å²) in [4.78, 5) is 0.274. The Hall–Kier alpha value is -1.03. The lowest BCUT2D eigenvalue weighted by atomic mass is 9.95. The second-order valence-electron chi connectivity index (χ2n) is 4.36. The van der Waals surface area contributed by atoms with Crippen molar-refractivity contribution in [3.8, 4) is 0 Å². The zero-order valence-corrected chi connectivity index (χ0v) is 12.0. The van der Waals surface area contributed by atoms with Gasteiger partial charge in [0, 0.05) is 6.26 Å². The number of sulfone groups is 1. The number of ether oxygens (including phenoxy) is 1. The summed E-state index contributed by atoms with van der Waals surface area (Å²) in [5.41, 5.74) is 0. The van der Waals surface area contributed by atoms with Gasteiger partial charge in [0.15, 0.2) is 9.84 Å². The third-order valence-electron chi connectivity index (χ3n) is 2.49. The van der Waals surface area contributed by atoms with Gasteiger partial charge in [-0.25, -0.2) is 8.42 Å². The molecule has 0 fully saturated rings. The van der Waals surface area contributed by atoms with Crippen molar-refractivity contribution in [1.29, 1.82) is 0 Å². The molecular weight excluding hydrogens is 236 g/mol. The molecule has 0 saturated carbocycles. The molecule has 1 atom stereocenters. The largest absolute Gasteiger partial charge is 0.501 e. The van der Waals surface area contributed by atoms with Gasteiger partial charge in [-0.05, 0) is 24.8 Å². The molecule has 0 aliphatic rings. The van der Waals surface area contributed by atoms with Gasteiger partial charge in [0.2, 0.25) is 0 Å². The Labute approximate surface area is 105 Å². The van der Waals surface area contributed by atoms with Crippen molar-refractivity contribution in [2.45, 2.75) is 20.8 Å². The normalized spacial score (nSPS) is 15.9. The Morgan fingerprint density at radius 1 is 1.35 bits per heavy atom. The molecule has 0 aromatic rings. The van der Waals surface area contributed by atoms with Crippen LogP contribution in [0.15, 0.2) is 35.5 Å². The van der Waals surface area contributed by atoms with Crippen molar-refractivity contribution in [2.24, 2.45) is 11.8 Å². The molecule has 0 aromatic carbocycles. The lowest BCUT2D eigenvalue weighted by molar-refractivity contribution is 0.293. The fourth-order valence-electron chi connectivity index (χ4n) is 1.26. The maximum atomic E-state index is 11.7. The van der Waals surface area contributed by atoms with Crippen molar-refractivity contribution in [1.82, 2.24) is 0 Å². The monoisotopic (exact) mass is 258 g/mol. The number of methoxy groups -OCH3 is 1. The highest BCUT2D eigenvalue weighted by Crippen LogP contribution is 2.19. The molecule has 0 spiro atoms. The van der Waals surface area contributed by atoms with E-state index in [1.54, 1.807) is 19.1 Å². The molecule has 0 amide bonds. The minimum Gasteiger partial charge on any atom is -0.501 e. The van der Waals surface area contributed by atoms with Crippen LogP contribution in [0.3, 0.4) is 0 Å². The fourth-order valence-corrected chi connectivity index (χ4v) is 2.04. The highest BCUT2D eigenvalue weighted by atomic mass is 32.2. The topological polar surface area (TPSA) is 43.4 Å². The Bertz CT molecular complexity index is 414. The van der Waals surface area contributed by atoms with Crippen molar-refractivity contribution >= 4 is 9.84 Å². The Balaban J connectivity index is 5.49. The first-order chi connectivity index (χ1) is 7.72. The highest BCUT2D eigenvalue weighted by molar-refractivity contribution is 7.94. The zero-order chi connectivity index (χ0) is 13.6. The van der Waals surface area contributed by atoms with Gasteiger partial charge < -0.3 is 4.74 Å². The fraction of sp³-hybridized carbons (Fsp3) is 0.538. The van der Waals surface area contributed by atoms with Crippen LogP contribution in [0, 0.1) is 11.8 Å². The molecule has 0 heterocycles. The van der Waals surface area contributed by atoms with E-state index >= 15 is 0 Å². The van der Waals surface area contributed by atoms with Crippen LogP contribution in [0.4, 0.5) is 0 Å². The summed E-state index contributed by atoms with van der Waals surface area (Å²) >= 11 is 0. The van der Waals surface area contributed by atoms with Crippen molar-refractivity contribution < 1.29 is 13.2 Å². The van der Waals surface area contributed by atoms with E-state index < -0.39 is 9.84 Å². The SMILES string of the molecule is C=CC(C=C(/C=C(\C)OC)S(C)(=O)=O)C(C)C. The van der Waals surface area contributed by atoms with Gasteiger partial charge in [0.05, 0.1) is 17.8 Å². The first-order valence-corrected chi connectivity index (χ1v) is 7.38. The summed E-state index contributed by atoms with van der Waals surface area (Å²) in [6, 6.07) is 0. The van der Waals surface area contributed by atoms with E-state index in [0.717, 1.165) is 0 Å². The van der Waals surface area contributed by atoms with Crippen LogP contribution in [0.1, 0.15) is 20.8 Å². The van der Waals surface area contributed by atoms with Crippen LogP contribution < -0.4 is 0 Å². The van der Waals surface area contributed by atoms with E-state index in [2.05, 4.69) is 6.58 Å². The third-order valence-corrected chi connectivity index (χ3v) is 3.60. The van der Waals surface area contributed by atoms with Gasteiger partial charge in [-0.15, -0.1) is 6.58 Å². The summed E-state index contributed by atoms with van der Waals surface area (Å²) in [6.45, 7) is 9.49. The summed E-state index contributed by atoms with van der Waals surface area (Å²) in [7, 11) is -1.74. The average molecular weight is 258 g/mol. The number of hydrogen-bond donors (Lipinski definition) is 0. The molecule has 0 radical (unpaired) electrons. The molecule has 3 nitrogen and oxygen atoms in total. The predicted octanol–water partition coefficient (Wildman–Crippen LogP) is 2.92. The minimum absolute atomic E-state index is 0.0284. The predicted molar refractivity (Wildman–Crippen MR) is 72.2 cm³/mol. The summed E-state index contributed by atoms with van der Waals surface area (Å²) in [5, 5.41) is 0. The molecule has 0 saturated heterocycles. The van der Waals surface area contributed by atoms with Gasteiger partial charge in [0.1, 0.15) is 0 Å². The highest BCUT2D eigenvalue weighted by Gasteiger charge is 2.14. The van der Waals surface area contributed by atoms with E-state index in [1.165, 1.54) is 19.4 Å². The number of rotatable bonds is 6. The average Bonchev–Trinajstić information content (AvgIpc) is 2.21. The Morgan fingerprint density at radius 2 is 1.88 bits per heavy atom. The number of allylic oxidation sites excluding steroid dienone is 4. The first kappa shape index (κ1) is 16.0. The molecule has 0 rings (SSSR count). The molecule has 0 aromatic heterocycles. The summed E-state index contributed by atoms with van der Waals surface area (Å²) < 4.78 is 28.3. The van der Waals surface area contributed by atoms with E-state index in [-0.39, 0.29) is 10.8 Å². The van der Waals surface area contributed by atoms with Crippen LogP contribution in [-0.2, 0) is 14.6 Å². The van der Waals surface area contributed by atoms with Crippen LogP contribution >= 0.6 is 0 Å². The molecule has 0 N–H and O–H groups in total. The van der Waals surface area contributed by atoms with Gasteiger partial charge in [0.25, 0.3) is 0 Å². The third kappa shape index (κ3) is 5.73. The minimum atomic E-state index is -3.25. The molecule has 0 bridgehead atoms. The molecule has 0 aliphatic carbocycles. The second-order valence-corrected chi connectivity index (χ2v) is 6.37. The van der Waals surface area contributed by atoms with E-state index in [9.17, 15) is 8.42 Å². The van der Waals surface area contributed by atoms with Gasteiger partial charge in [-0.1, -0.05) is 26.0 Å². The molecule has 0 aliphatic heterocycles. The first-order valence-electron chi connectivity index (χ1n) is 5.49. The molecular formula is C13H22O3S. The molecule has 1 unspecified atom stereocenters. The maximum Gasteiger partial charge on any atom is 0.175 e. The van der Waals surface area contributed by atoms with Crippen molar-refractivity contribution in [3.05, 3.63) is 35.5 Å². The Kier molecular flexibility index (Phi) is 6.24. The quantitative estimate of drug-likeness (QED) is 0.418. The zero-order valence-electron chi connectivity index (χ0n) is 11.2. The van der Waals surface area contributed by atoms with E-state index in [0.29, 0.717) is 11.7 Å². The van der Waals surface area contributed by atoms with E-state index in [1.807, 2.05) is 13.8 Å². The van der Waals surface area contributed by atoms with E-state index in [4.69, 9.17) is 4.74 Å². The van der Waals surface area contributed by atoms with Crippen LogP contribution in [-0.4, -0.2) is 21.8 Å². The summed E-state index contributed by atoms with van der Waals surface area (Å²) in [6.07, 6.45) is 6.20. The maximum absolute atomic E-state index is 11.7. The van der Waals surface area contributed by atoms with Gasteiger partial charge in [-0.2, -0.15) is 0 Å². The lowest BCUT2D eigenvalue weighted by Gasteiger charge is -2.13. The number of hydrogen-bond acceptors (Lipinski definition) is 3. The Morgan fingerprint density at radius 3 is 2.18 bits per heavy atom. The smallest absolute Gasteiger partial charge is 0.175 e. The molecule has 98 valence electrons. The lowest BCUT2D eigenvalue weighted by Crippen LogP contribution is -2.07. The van der Waals surface area contributed by atoms with Gasteiger partial charge in [-0.3, -0.25) is 0 Å². The van der Waals surface area contributed by atoms with Crippen molar-refractivity contribution in [3.63, 3.8) is 0 Å². The summed E-state index contributed by atoms with van der Waals surface area (Å²) in [5.74, 6) is 0.898. The second kappa shape index (κ2) is 6.64. The molecule has 17 heavy (non-hydrogen) atoms. The van der Waals surface area contributed by atoms with Crippen LogP contribution in [0.25, 0.3) is 0 Å².